The molecule has 1 aromatic rings. The van der Waals surface area contributed by atoms with Gasteiger partial charge in [0.1, 0.15) is 6.17 Å². The smallest absolute Gasteiger partial charge is 0.394 e. The van der Waals surface area contributed by atoms with Gasteiger partial charge >= 0.3 is 6.18 Å². The summed E-state index contributed by atoms with van der Waals surface area (Å²) in [6.07, 6.45) is -5.53. The predicted molar refractivity (Wildman–Crippen MR) is 76.9 cm³/mol. The zero-order valence-electron chi connectivity index (χ0n) is 12.9. The van der Waals surface area contributed by atoms with Crippen molar-refractivity contribution < 1.29 is 27.5 Å². The Bertz CT molecular complexity index is 568. The van der Waals surface area contributed by atoms with Gasteiger partial charge in [0.25, 0.3) is 5.91 Å². The Morgan fingerprint density at radius 2 is 1.83 bits per heavy atom. The number of hydrogen-bond donors (Lipinski definition) is 1. The van der Waals surface area contributed by atoms with E-state index in [0.717, 1.165) is 13.8 Å². The van der Waals surface area contributed by atoms with Gasteiger partial charge in [0.15, 0.2) is 0 Å². The van der Waals surface area contributed by atoms with E-state index in [2.05, 4.69) is 0 Å². The molecule has 3 nitrogen and oxygen atoms in total. The SMILES string of the molecule is CC(C)(c1ccc(C(=O)N2C[C@@H](F)C[C@H]2CO)cc1)C(F)(F)F. The number of alkyl halides is 4. The summed E-state index contributed by atoms with van der Waals surface area (Å²) in [5, 5.41) is 9.20. The van der Waals surface area contributed by atoms with Gasteiger partial charge in [-0.15, -0.1) is 0 Å². The van der Waals surface area contributed by atoms with Crippen LogP contribution in [0.15, 0.2) is 24.3 Å². The van der Waals surface area contributed by atoms with Crippen molar-refractivity contribution in [1.82, 2.24) is 4.90 Å². The van der Waals surface area contributed by atoms with E-state index in [1.165, 1.54) is 29.2 Å². The summed E-state index contributed by atoms with van der Waals surface area (Å²) in [4.78, 5) is 13.6. The molecule has 0 radical (unpaired) electrons. The number of likely N-dealkylation sites (tertiary alicyclic amines) is 1. The van der Waals surface area contributed by atoms with Crippen molar-refractivity contribution in [3.63, 3.8) is 0 Å². The first-order valence-electron chi connectivity index (χ1n) is 7.31. The van der Waals surface area contributed by atoms with Crippen LogP contribution in [0.2, 0.25) is 0 Å². The molecule has 0 aromatic heterocycles. The molecule has 2 rings (SSSR count). The Balaban J connectivity index is 2.21. The first-order chi connectivity index (χ1) is 10.6. The summed E-state index contributed by atoms with van der Waals surface area (Å²) in [6.45, 7) is 1.69. The van der Waals surface area contributed by atoms with Crippen LogP contribution in [-0.2, 0) is 5.41 Å². The highest BCUT2D eigenvalue weighted by molar-refractivity contribution is 5.94. The molecule has 1 aliphatic heterocycles. The van der Waals surface area contributed by atoms with E-state index in [0.29, 0.717) is 0 Å². The highest BCUT2D eigenvalue weighted by Gasteiger charge is 2.48. The number of nitrogens with zero attached hydrogens (tertiary/aromatic N) is 1. The summed E-state index contributed by atoms with van der Waals surface area (Å²) in [5.41, 5.74) is -1.80. The molecular formula is C16H19F4NO2. The fraction of sp³-hybridized carbons (Fsp3) is 0.562. The van der Waals surface area contributed by atoms with Gasteiger partial charge in [0, 0.05) is 12.0 Å². The second-order valence-corrected chi connectivity index (χ2v) is 6.33. The van der Waals surface area contributed by atoms with E-state index in [4.69, 9.17) is 0 Å². The van der Waals surface area contributed by atoms with E-state index in [9.17, 15) is 27.5 Å². The van der Waals surface area contributed by atoms with E-state index in [1.807, 2.05) is 0 Å². The lowest BCUT2D eigenvalue weighted by atomic mass is 9.83. The van der Waals surface area contributed by atoms with Crippen molar-refractivity contribution in [2.24, 2.45) is 0 Å². The summed E-state index contributed by atoms with van der Waals surface area (Å²) in [6, 6.07) is 4.55. The fourth-order valence-corrected chi connectivity index (χ4v) is 2.64. The quantitative estimate of drug-likeness (QED) is 0.864. The molecular weight excluding hydrogens is 314 g/mol. The first kappa shape index (κ1) is 17.7. The van der Waals surface area contributed by atoms with Crippen LogP contribution in [0.25, 0.3) is 0 Å². The third-order valence-corrected chi connectivity index (χ3v) is 4.40. The Kier molecular flexibility index (Phi) is 4.71. The summed E-state index contributed by atoms with van der Waals surface area (Å²) >= 11 is 0. The van der Waals surface area contributed by atoms with Gasteiger partial charge in [-0.05, 0) is 31.5 Å². The van der Waals surface area contributed by atoms with Crippen LogP contribution in [0.5, 0.6) is 0 Å². The van der Waals surface area contributed by atoms with Crippen LogP contribution < -0.4 is 0 Å². The summed E-state index contributed by atoms with van der Waals surface area (Å²) in [7, 11) is 0. The molecule has 1 N–H and O–H groups in total. The van der Waals surface area contributed by atoms with Gasteiger partial charge in [0.05, 0.1) is 24.6 Å². The van der Waals surface area contributed by atoms with Crippen LogP contribution >= 0.6 is 0 Å². The van der Waals surface area contributed by atoms with Gasteiger partial charge in [-0.2, -0.15) is 13.2 Å². The van der Waals surface area contributed by atoms with Gasteiger partial charge in [-0.3, -0.25) is 4.79 Å². The minimum absolute atomic E-state index is 0.0463. The van der Waals surface area contributed by atoms with E-state index < -0.39 is 29.7 Å². The number of carbonyl (C=O) groups excluding carboxylic acids is 1. The highest BCUT2D eigenvalue weighted by atomic mass is 19.4. The minimum atomic E-state index is -4.41. The molecule has 1 saturated heterocycles. The fourth-order valence-electron chi connectivity index (χ4n) is 2.64. The van der Waals surface area contributed by atoms with Crippen molar-refractivity contribution >= 4 is 5.91 Å². The molecule has 1 aliphatic rings. The third kappa shape index (κ3) is 3.34. The van der Waals surface area contributed by atoms with Crippen molar-refractivity contribution in [3.05, 3.63) is 35.4 Å². The molecule has 0 unspecified atom stereocenters. The first-order valence-corrected chi connectivity index (χ1v) is 7.31. The molecule has 1 amide bonds. The molecule has 0 aliphatic carbocycles. The van der Waals surface area contributed by atoms with E-state index in [-0.39, 0.29) is 30.7 Å². The van der Waals surface area contributed by atoms with E-state index in [1.54, 1.807) is 0 Å². The number of halogens is 4. The van der Waals surface area contributed by atoms with Crippen molar-refractivity contribution in [1.29, 1.82) is 0 Å². The van der Waals surface area contributed by atoms with Gasteiger partial charge in [-0.1, -0.05) is 12.1 Å². The molecule has 0 bridgehead atoms. The lowest BCUT2D eigenvalue weighted by molar-refractivity contribution is -0.180. The number of carbonyl (C=O) groups is 1. The Hall–Kier alpha value is -1.63. The standard InChI is InChI=1S/C16H19F4NO2/c1-15(2,16(18,19)20)11-5-3-10(4-6-11)14(23)21-8-12(17)7-13(21)9-22/h3-6,12-13,22H,7-9H2,1-2H3/t12-,13-/m0/s1. The molecule has 23 heavy (non-hydrogen) atoms. The lowest BCUT2D eigenvalue weighted by Crippen LogP contribution is -2.38. The van der Waals surface area contributed by atoms with Gasteiger partial charge < -0.3 is 10.0 Å². The molecule has 7 heteroatoms. The molecule has 1 fully saturated rings. The monoisotopic (exact) mass is 333 g/mol. The second kappa shape index (κ2) is 6.11. The molecule has 1 heterocycles. The zero-order valence-corrected chi connectivity index (χ0v) is 12.9. The number of rotatable bonds is 3. The normalized spacial score (nSPS) is 22.5. The number of amides is 1. The Labute approximate surface area is 131 Å². The molecule has 2 atom stereocenters. The highest BCUT2D eigenvalue weighted by Crippen LogP contribution is 2.40. The average Bonchev–Trinajstić information content (AvgIpc) is 2.86. The number of aliphatic hydroxyl groups is 1. The largest absolute Gasteiger partial charge is 0.397 e. The number of aliphatic hydroxyl groups excluding tert-OH is 1. The molecule has 0 spiro atoms. The van der Waals surface area contributed by atoms with Crippen molar-refractivity contribution in [3.8, 4) is 0 Å². The summed E-state index contributed by atoms with van der Waals surface area (Å²) < 4.78 is 52.5. The van der Waals surface area contributed by atoms with Crippen molar-refractivity contribution in [2.45, 2.75) is 44.1 Å². The molecule has 128 valence electrons. The molecule has 1 aromatic carbocycles. The van der Waals surface area contributed by atoms with Crippen molar-refractivity contribution in [2.75, 3.05) is 13.2 Å². The van der Waals surface area contributed by atoms with Crippen LogP contribution in [0.1, 0.15) is 36.2 Å². The predicted octanol–water partition coefficient (Wildman–Crippen LogP) is 3.07. The maximum Gasteiger partial charge on any atom is 0.397 e. The van der Waals surface area contributed by atoms with Gasteiger partial charge in [-0.25, -0.2) is 4.39 Å². The topological polar surface area (TPSA) is 40.5 Å². The third-order valence-electron chi connectivity index (χ3n) is 4.40. The maximum atomic E-state index is 13.4. The lowest BCUT2D eigenvalue weighted by Gasteiger charge is -2.28. The second-order valence-electron chi connectivity index (χ2n) is 6.33. The minimum Gasteiger partial charge on any atom is -0.394 e. The number of benzene rings is 1. The zero-order chi connectivity index (χ0) is 17.4. The Morgan fingerprint density at radius 1 is 1.26 bits per heavy atom. The van der Waals surface area contributed by atoms with Crippen LogP contribution in [0.4, 0.5) is 17.6 Å². The van der Waals surface area contributed by atoms with Gasteiger partial charge in [0.2, 0.25) is 0 Å². The van der Waals surface area contributed by atoms with Crippen LogP contribution in [0.3, 0.4) is 0 Å². The maximum absolute atomic E-state index is 13.4. The van der Waals surface area contributed by atoms with E-state index >= 15 is 0 Å². The molecule has 0 saturated carbocycles. The van der Waals surface area contributed by atoms with Crippen LogP contribution in [-0.4, -0.2) is 47.5 Å². The number of hydrogen-bond acceptors (Lipinski definition) is 2. The average molecular weight is 333 g/mol. The Morgan fingerprint density at radius 3 is 2.30 bits per heavy atom. The van der Waals surface area contributed by atoms with Crippen LogP contribution in [0, 0.1) is 0 Å². The summed E-state index contributed by atoms with van der Waals surface area (Å²) in [5.74, 6) is -0.486.